The van der Waals surface area contributed by atoms with E-state index in [0.29, 0.717) is 19.5 Å². The second kappa shape index (κ2) is 8.31. The third kappa shape index (κ3) is 4.69. The number of hydrogen-bond donors (Lipinski definition) is 2. The van der Waals surface area contributed by atoms with Crippen LogP contribution in [0.5, 0.6) is 0 Å². The summed E-state index contributed by atoms with van der Waals surface area (Å²) < 4.78 is 0. The van der Waals surface area contributed by atoms with Crippen LogP contribution in [0.15, 0.2) is 18.2 Å². The monoisotopic (exact) mass is 337 g/mol. The fraction of sp³-hybridized carbons (Fsp3) is 0.529. The number of carbonyl (C=O) groups excluding carboxylic acids is 2. The lowest BCUT2D eigenvalue weighted by Crippen LogP contribution is -2.40. The molecule has 2 N–H and O–H groups in total. The van der Waals surface area contributed by atoms with Gasteiger partial charge in [-0.2, -0.15) is 0 Å². The topological polar surface area (TPSA) is 61.4 Å². The van der Waals surface area contributed by atoms with E-state index in [9.17, 15) is 9.59 Å². The molecule has 1 aromatic carbocycles. The number of halogens is 1. The Bertz CT molecular complexity index is 577. The maximum atomic E-state index is 12.1. The molecule has 0 spiro atoms. The van der Waals surface area contributed by atoms with E-state index in [-0.39, 0.29) is 30.8 Å². The Labute approximate surface area is 143 Å². The van der Waals surface area contributed by atoms with Crippen molar-refractivity contribution >= 4 is 24.2 Å². The van der Waals surface area contributed by atoms with Gasteiger partial charge in [0.1, 0.15) is 0 Å². The molecule has 0 saturated carbocycles. The first kappa shape index (κ1) is 17.8. The van der Waals surface area contributed by atoms with Crippen LogP contribution in [-0.2, 0) is 29.2 Å². The number of likely N-dealkylation sites (tertiary alicyclic amines) is 1. The van der Waals surface area contributed by atoms with E-state index >= 15 is 0 Å². The largest absolute Gasteiger partial charge is 0.350 e. The molecule has 0 bridgehead atoms. The van der Waals surface area contributed by atoms with Crippen LogP contribution in [0.1, 0.15) is 42.4 Å². The quantitative estimate of drug-likeness (QED) is 0.879. The first-order valence-corrected chi connectivity index (χ1v) is 8.08. The molecule has 0 unspecified atom stereocenters. The molecular formula is C17H24ClN3O2. The van der Waals surface area contributed by atoms with Crippen molar-refractivity contribution < 1.29 is 9.59 Å². The molecule has 0 aliphatic carbocycles. The summed E-state index contributed by atoms with van der Waals surface area (Å²) in [4.78, 5) is 25.6. The van der Waals surface area contributed by atoms with Gasteiger partial charge in [0.05, 0.1) is 6.54 Å². The van der Waals surface area contributed by atoms with Crippen molar-refractivity contribution in [1.29, 1.82) is 0 Å². The average Bonchev–Trinajstić information content (AvgIpc) is 2.89. The number of nitrogens with one attached hydrogen (secondary N) is 2. The van der Waals surface area contributed by atoms with Crippen LogP contribution in [0.2, 0.25) is 0 Å². The van der Waals surface area contributed by atoms with E-state index < -0.39 is 0 Å². The molecule has 0 radical (unpaired) electrons. The van der Waals surface area contributed by atoms with Crippen molar-refractivity contribution in [2.24, 2.45) is 0 Å². The Morgan fingerprint density at radius 2 is 2.00 bits per heavy atom. The molecule has 126 valence electrons. The van der Waals surface area contributed by atoms with Crippen LogP contribution in [0, 0.1) is 0 Å². The number of fused-ring (bicyclic) bond motifs is 1. The zero-order chi connectivity index (χ0) is 15.4. The zero-order valence-corrected chi connectivity index (χ0v) is 14.1. The maximum Gasteiger partial charge on any atom is 0.239 e. The Balaban J connectivity index is 0.00000192. The van der Waals surface area contributed by atoms with Gasteiger partial charge < -0.3 is 15.5 Å². The van der Waals surface area contributed by atoms with Crippen molar-refractivity contribution in [1.82, 2.24) is 15.5 Å². The number of amides is 2. The van der Waals surface area contributed by atoms with Gasteiger partial charge in [-0.1, -0.05) is 24.6 Å². The summed E-state index contributed by atoms with van der Waals surface area (Å²) in [6.45, 7) is 3.24. The highest BCUT2D eigenvalue weighted by atomic mass is 35.5. The van der Waals surface area contributed by atoms with Crippen LogP contribution in [0.4, 0.5) is 0 Å². The average molecular weight is 338 g/mol. The lowest BCUT2D eigenvalue weighted by molar-refractivity contribution is -0.135. The highest BCUT2D eigenvalue weighted by Crippen LogP contribution is 2.17. The molecule has 2 aliphatic heterocycles. The normalized spacial score (nSPS) is 17.2. The fourth-order valence-electron chi connectivity index (χ4n) is 3.09. The van der Waals surface area contributed by atoms with E-state index in [4.69, 9.17) is 0 Å². The van der Waals surface area contributed by atoms with Crippen molar-refractivity contribution in [2.45, 2.75) is 45.3 Å². The minimum absolute atomic E-state index is 0. The Kier molecular flexibility index (Phi) is 6.42. The molecule has 2 amide bonds. The first-order chi connectivity index (χ1) is 10.7. The lowest BCUT2D eigenvalue weighted by atomic mass is 10.1. The summed E-state index contributed by atoms with van der Waals surface area (Å²) in [5, 5.41) is 6.24. The molecule has 5 nitrogen and oxygen atoms in total. The summed E-state index contributed by atoms with van der Waals surface area (Å²) in [7, 11) is 0. The second-order valence-corrected chi connectivity index (χ2v) is 6.11. The number of benzene rings is 1. The Morgan fingerprint density at radius 1 is 1.17 bits per heavy atom. The molecule has 0 aromatic heterocycles. The van der Waals surface area contributed by atoms with Crippen molar-refractivity contribution in [2.75, 3.05) is 13.1 Å². The highest BCUT2D eigenvalue weighted by Gasteiger charge is 2.19. The smallest absolute Gasteiger partial charge is 0.239 e. The van der Waals surface area contributed by atoms with Crippen molar-refractivity contribution in [3.63, 3.8) is 0 Å². The third-order valence-electron chi connectivity index (χ3n) is 4.40. The van der Waals surface area contributed by atoms with Gasteiger partial charge in [-0.15, -0.1) is 12.4 Å². The molecule has 1 saturated heterocycles. The van der Waals surface area contributed by atoms with Gasteiger partial charge in [0.25, 0.3) is 0 Å². The molecule has 23 heavy (non-hydrogen) atoms. The molecule has 1 aromatic rings. The summed E-state index contributed by atoms with van der Waals surface area (Å²) in [6, 6.07) is 6.32. The molecule has 0 atom stereocenters. The van der Waals surface area contributed by atoms with Gasteiger partial charge in [0, 0.05) is 32.6 Å². The summed E-state index contributed by atoms with van der Waals surface area (Å²) in [5.74, 6) is 0.0325. The maximum absolute atomic E-state index is 12.1. The minimum Gasteiger partial charge on any atom is -0.350 e. The van der Waals surface area contributed by atoms with Crippen LogP contribution in [0.25, 0.3) is 0 Å². The minimum atomic E-state index is -0.0751. The Hall–Kier alpha value is -1.59. The van der Waals surface area contributed by atoms with Gasteiger partial charge in [0.15, 0.2) is 0 Å². The molecule has 1 fully saturated rings. The van der Waals surface area contributed by atoms with E-state index in [0.717, 1.165) is 37.9 Å². The molecular weight excluding hydrogens is 314 g/mol. The fourth-order valence-corrected chi connectivity index (χ4v) is 3.09. The predicted octanol–water partition coefficient (Wildman–Crippen LogP) is 1.73. The van der Waals surface area contributed by atoms with Crippen molar-refractivity contribution in [3.05, 3.63) is 34.9 Å². The molecule has 3 rings (SSSR count). The highest BCUT2D eigenvalue weighted by molar-refractivity contribution is 5.85. The van der Waals surface area contributed by atoms with Gasteiger partial charge in [-0.25, -0.2) is 0 Å². The predicted molar refractivity (Wildman–Crippen MR) is 91.1 cm³/mol. The standard InChI is InChI=1S/C17H23N3O2.ClH/c21-16(12-20-7-3-1-2-4-17(20)22)19-9-13-5-6-14-10-18-11-15(14)8-13;/h5-6,8,18H,1-4,7,9-12H2,(H,19,21);1H. The Morgan fingerprint density at radius 3 is 2.87 bits per heavy atom. The van der Waals surface area contributed by atoms with Gasteiger partial charge in [-0.05, 0) is 29.5 Å². The first-order valence-electron chi connectivity index (χ1n) is 8.08. The summed E-state index contributed by atoms with van der Waals surface area (Å²) in [5.41, 5.74) is 3.76. The van der Waals surface area contributed by atoms with Gasteiger partial charge >= 0.3 is 0 Å². The number of rotatable bonds is 4. The summed E-state index contributed by atoms with van der Waals surface area (Å²) >= 11 is 0. The number of hydrogen-bond acceptors (Lipinski definition) is 3. The molecule has 6 heteroatoms. The van der Waals surface area contributed by atoms with Gasteiger partial charge in [-0.3, -0.25) is 9.59 Å². The third-order valence-corrected chi connectivity index (χ3v) is 4.40. The molecule has 2 heterocycles. The van der Waals surface area contributed by atoms with Gasteiger partial charge in [0.2, 0.25) is 11.8 Å². The van der Waals surface area contributed by atoms with E-state index in [1.807, 2.05) is 0 Å². The zero-order valence-electron chi connectivity index (χ0n) is 13.3. The van der Waals surface area contributed by atoms with E-state index in [1.165, 1.54) is 11.1 Å². The van der Waals surface area contributed by atoms with Crippen LogP contribution in [0.3, 0.4) is 0 Å². The van der Waals surface area contributed by atoms with Crippen LogP contribution in [-0.4, -0.2) is 29.8 Å². The van der Waals surface area contributed by atoms with Crippen molar-refractivity contribution in [3.8, 4) is 0 Å². The van der Waals surface area contributed by atoms with Crippen LogP contribution < -0.4 is 10.6 Å². The van der Waals surface area contributed by atoms with E-state index in [2.05, 4.69) is 28.8 Å². The van der Waals surface area contributed by atoms with Crippen LogP contribution >= 0.6 is 12.4 Å². The number of carbonyl (C=O) groups is 2. The second-order valence-electron chi connectivity index (χ2n) is 6.11. The lowest BCUT2D eigenvalue weighted by Gasteiger charge is -2.19. The molecule has 2 aliphatic rings. The summed E-state index contributed by atoms with van der Waals surface area (Å²) in [6.07, 6.45) is 3.59. The van der Waals surface area contributed by atoms with E-state index in [1.54, 1.807) is 4.90 Å². The SMILES string of the molecule is Cl.O=C(CN1CCCCCC1=O)NCc1ccc2c(c1)CNC2. The number of nitrogens with zero attached hydrogens (tertiary/aromatic N) is 1.